The smallest absolute Gasteiger partial charge is 0.243 e. The second-order valence-corrected chi connectivity index (χ2v) is 13.7. The highest BCUT2D eigenvalue weighted by Gasteiger charge is 2.57. The molecule has 1 amide bonds. The third-order valence-electron chi connectivity index (χ3n) is 9.23. The van der Waals surface area contributed by atoms with Crippen LogP contribution < -0.4 is 0 Å². The van der Waals surface area contributed by atoms with Gasteiger partial charge in [-0.25, -0.2) is 8.42 Å². The molecule has 6 nitrogen and oxygen atoms in total. The van der Waals surface area contributed by atoms with Crippen LogP contribution in [0.5, 0.6) is 0 Å². The van der Waals surface area contributed by atoms with E-state index < -0.39 is 15.6 Å². The average Bonchev–Trinajstić information content (AvgIpc) is 2.77. The summed E-state index contributed by atoms with van der Waals surface area (Å²) in [7, 11) is -3.53. The molecule has 7 heteroatoms. The number of carbonyl (C=O) groups is 1. The number of piperazine rings is 1. The number of rotatable bonds is 4. The standard InChI is InChI=1S/C26H36N2O4S/c29-24(17-25-13-19-11-20(14-25)16-26(30,15-19)18-25)27-7-9-28(10-8-27)33(31,32)23-6-5-21-3-1-2-4-22(21)12-23/h5-6,12,19-20,30H,1-4,7-11,13-18H2. The van der Waals surface area contributed by atoms with Gasteiger partial charge in [0.25, 0.3) is 0 Å². The molecule has 0 spiro atoms. The van der Waals surface area contributed by atoms with Gasteiger partial charge < -0.3 is 10.0 Å². The van der Waals surface area contributed by atoms with E-state index in [1.165, 1.54) is 24.0 Å². The Balaban J connectivity index is 1.10. The van der Waals surface area contributed by atoms with Crippen molar-refractivity contribution in [2.24, 2.45) is 17.3 Å². The fourth-order valence-corrected chi connectivity index (χ4v) is 9.71. The van der Waals surface area contributed by atoms with Gasteiger partial charge in [-0.15, -0.1) is 0 Å². The molecule has 5 fully saturated rings. The van der Waals surface area contributed by atoms with E-state index in [-0.39, 0.29) is 11.3 Å². The summed E-state index contributed by atoms with van der Waals surface area (Å²) < 4.78 is 28.1. The van der Waals surface area contributed by atoms with Crippen LogP contribution in [0.1, 0.15) is 68.9 Å². The van der Waals surface area contributed by atoms with Crippen molar-refractivity contribution in [1.29, 1.82) is 0 Å². The number of fused-ring (bicyclic) bond motifs is 1. The van der Waals surface area contributed by atoms with Crippen molar-refractivity contribution in [2.45, 2.75) is 81.1 Å². The maximum atomic E-state index is 13.3. The lowest BCUT2D eigenvalue weighted by Gasteiger charge is -2.60. The van der Waals surface area contributed by atoms with Gasteiger partial charge in [-0.1, -0.05) is 6.07 Å². The summed E-state index contributed by atoms with van der Waals surface area (Å²) in [5, 5.41) is 11.0. The van der Waals surface area contributed by atoms with Crippen molar-refractivity contribution in [3.63, 3.8) is 0 Å². The molecule has 1 saturated heterocycles. The van der Waals surface area contributed by atoms with E-state index in [1.54, 1.807) is 10.4 Å². The first kappa shape index (κ1) is 22.1. The van der Waals surface area contributed by atoms with Gasteiger partial charge in [0, 0.05) is 32.6 Å². The quantitative estimate of drug-likeness (QED) is 0.730. The molecule has 1 aromatic rings. The van der Waals surface area contributed by atoms with Gasteiger partial charge in [-0.2, -0.15) is 4.31 Å². The van der Waals surface area contributed by atoms with E-state index in [4.69, 9.17) is 0 Å². The van der Waals surface area contributed by atoms with Crippen LogP contribution in [0.2, 0.25) is 0 Å². The molecule has 33 heavy (non-hydrogen) atoms. The first-order valence-electron chi connectivity index (χ1n) is 12.9. The van der Waals surface area contributed by atoms with Crippen LogP contribution in [0.15, 0.2) is 23.1 Å². The third-order valence-corrected chi connectivity index (χ3v) is 11.1. The summed E-state index contributed by atoms with van der Waals surface area (Å²) in [6.45, 7) is 1.62. The van der Waals surface area contributed by atoms with E-state index in [9.17, 15) is 18.3 Å². The Hall–Kier alpha value is -1.44. The van der Waals surface area contributed by atoms with Crippen LogP contribution in [-0.4, -0.2) is 60.4 Å². The number of benzene rings is 1. The summed E-state index contributed by atoms with van der Waals surface area (Å²) in [6, 6.07) is 5.62. The van der Waals surface area contributed by atoms with Crippen molar-refractivity contribution in [2.75, 3.05) is 26.2 Å². The van der Waals surface area contributed by atoms with Gasteiger partial charge in [0.2, 0.25) is 15.9 Å². The van der Waals surface area contributed by atoms with Crippen molar-refractivity contribution in [3.05, 3.63) is 29.3 Å². The van der Waals surface area contributed by atoms with Crippen LogP contribution in [0.3, 0.4) is 0 Å². The number of amides is 1. The average molecular weight is 473 g/mol. The molecule has 180 valence electrons. The normalized spacial score (nSPS) is 36.1. The number of nitrogens with zero attached hydrogens (tertiary/aromatic N) is 2. The highest BCUT2D eigenvalue weighted by molar-refractivity contribution is 7.89. The molecule has 2 unspecified atom stereocenters. The minimum absolute atomic E-state index is 0.0394. The number of hydrogen-bond acceptors (Lipinski definition) is 4. The molecule has 2 atom stereocenters. The molecule has 5 aliphatic carbocycles. The Kier molecular flexibility index (Phi) is 5.20. The number of carbonyl (C=O) groups excluding carboxylic acids is 1. The molecule has 0 radical (unpaired) electrons. The summed E-state index contributed by atoms with van der Waals surface area (Å²) in [5.41, 5.74) is 1.87. The predicted octanol–water partition coefficient (Wildman–Crippen LogP) is 3.12. The number of aliphatic hydroxyl groups is 1. The zero-order valence-electron chi connectivity index (χ0n) is 19.5. The topological polar surface area (TPSA) is 77.9 Å². The second-order valence-electron chi connectivity index (χ2n) is 11.8. The SMILES string of the molecule is O=C(CC12CC3CC(CC(O)(C3)C1)C2)N1CCN(S(=O)(=O)c2ccc3c(c2)CCCC3)CC1. The van der Waals surface area contributed by atoms with E-state index in [1.807, 2.05) is 17.0 Å². The van der Waals surface area contributed by atoms with Crippen molar-refractivity contribution in [3.8, 4) is 0 Å². The fraction of sp³-hybridized carbons (Fsp3) is 0.731. The molecular weight excluding hydrogens is 436 g/mol. The number of hydrogen-bond donors (Lipinski definition) is 1. The molecule has 1 N–H and O–H groups in total. The zero-order chi connectivity index (χ0) is 22.8. The minimum Gasteiger partial charge on any atom is -0.390 e. The van der Waals surface area contributed by atoms with E-state index in [0.29, 0.717) is 49.3 Å². The third kappa shape index (κ3) is 3.94. The second kappa shape index (κ2) is 7.79. The van der Waals surface area contributed by atoms with Crippen LogP contribution in [0, 0.1) is 17.3 Å². The van der Waals surface area contributed by atoms with Crippen molar-refractivity contribution < 1.29 is 18.3 Å². The zero-order valence-corrected chi connectivity index (χ0v) is 20.3. The monoisotopic (exact) mass is 472 g/mol. The molecule has 1 aliphatic heterocycles. The highest BCUT2D eigenvalue weighted by atomic mass is 32.2. The number of sulfonamides is 1. The summed E-state index contributed by atoms with van der Waals surface area (Å²) in [4.78, 5) is 15.5. The van der Waals surface area contributed by atoms with Crippen LogP contribution >= 0.6 is 0 Å². The Morgan fingerprint density at radius 1 is 0.970 bits per heavy atom. The fourth-order valence-electron chi connectivity index (χ4n) is 8.24. The van der Waals surface area contributed by atoms with Gasteiger partial charge in [-0.3, -0.25) is 4.79 Å². The molecule has 4 saturated carbocycles. The van der Waals surface area contributed by atoms with E-state index >= 15 is 0 Å². The van der Waals surface area contributed by atoms with Crippen molar-refractivity contribution in [1.82, 2.24) is 9.21 Å². The Morgan fingerprint density at radius 2 is 1.64 bits per heavy atom. The van der Waals surface area contributed by atoms with Gasteiger partial charge in [0.05, 0.1) is 10.5 Å². The molecule has 0 aromatic heterocycles. The summed E-state index contributed by atoms with van der Waals surface area (Å²) in [6.07, 6.45) is 10.8. The maximum Gasteiger partial charge on any atom is 0.243 e. The van der Waals surface area contributed by atoms with E-state index in [0.717, 1.165) is 51.4 Å². The number of aryl methyl sites for hydroxylation is 2. The molecule has 1 heterocycles. The van der Waals surface area contributed by atoms with Crippen LogP contribution in [0.4, 0.5) is 0 Å². The van der Waals surface area contributed by atoms with Gasteiger partial charge in [0.1, 0.15) is 0 Å². The van der Waals surface area contributed by atoms with Gasteiger partial charge >= 0.3 is 0 Å². The van der Waals surface area contributed by atoms with Gasteiger partial charge in [-0.05, 0) is 105 Å². The minimum atomic E-state index is -3.53. The van der Waals surface area contributed by atoms with Crippen LogP contribution in [-0.2, 0) is 27.7 Å². The predicted molar refractivity (Wildman–Crippen MR) is 125 cm³/mol. The first-order chi connectivity index (χ1) is 15.7. The highest BCUT2D eigenvalue weighted by Crippen LogP contribution is 2.62. The maximum absolute atomic E-state index is 13.3. The Morgan fingerprint density at radius 3 is 2.30 bits per heavy atom. The largest absolute Gasteiger partial charge is 0.390 e. The van der Waals surface area contributed by atoms with E-state index in [2.05, 4.69) is 0 Å². The molecule has 1 aromatic carbocycles. The molecular formula is C26H36N2O4S. The van der Waals surface area contributed by atoms with Crippen molar-refractivity contribution >= 4 is 15.9 Å². The lowest BCUT2D eigenvalue weighted by molar-refractivity contribution is -0.172. The lowest BCUT2D eigenvalue weighted by Crippen LogP contribution is -2.57. The molecule has 6 aliphatic rings. The van der Waals surface area contributed by atoms with Gasteiger partial charge in [0.15, 0.2) is 0 Å². The lowest BCUT2D eigenvalue weighted by atomic mass is 9.47. The Bertz CT molecular complexity index is 1050. The van der Waals surface area contributed by atoms with Crippen LogP contribution in [0.25, 0.3) is 0 Å². The Labute approximate surface area is 197 Å². The summed E-state index contributed by atoms with van der Waals surface area (Å²) in [5.74, 6) is 1.29. The molecule has 7 rings (SSSR count). The summed E-state index contributed by atoms with van der Waals surface area (Å²) >= 11 is 0. The first-order valence-corrected chi connectivity index (χ1v) is 14.3. The molecule has 4 bridgehead atoms.